The molecule has 0 spiro atoms. The second kappa shape index (κ2) is 7.15. The van der Waals surface area contributed by atoms with Gasteiger partial charge in [0.2, 0.25) is 11.1 Å². The minimum absolute atomic E-state index is 0.0137. The fourth-order valence-corrected chi connectivity index (χ4v) is 4.10. The minimum atomic E-state index is 0.0137. The molecule has 6 nitrogen and oxygen atoms in total. The van der Waals surface area contributed by atoms with Gasteiger partial charge in [0.05, 0.1) is 17.8 Å². The van der Waals surface area contributed by atoms with Crippen LogP contribution < -0.4 is 5.32 Å². The molecule has 0 bridgehead atoms. The second-order valence-corrected chi connectivity index (χ2v) is 7.89. The largest absolute Gasteiger partial charge is 0.349 e. The number of aromatic nitrogens is 4. The number of thioether (sulfide) groups is 1. The Morgan fingerprint density at radius 1 is 1.32 bits per heavy atom. The molecule has 1 heterocycles. The van der Waals surface area contributed by atoms with Gasteiger partial charge in [-0.25, -0.2) is 4.68 Å². The van der Waals surface area contributed by atoms with E-state index in [1.54, 1.807) is 0 Å². The average molecular weight is 357 g/mol. The van der Waals surface area contributed by atoms with E-state index in [2.05, 4.69) is 39.0 Å². The van der Waals surface area contributed by atoms with E-state index in [1.165, 1.54) is 47.7 Å². The van der Waals surface area contributed by atoms with Crippen LogP contribution in [0.3, 0.4) is 0 Å². The average Bonchev–Trinajstić information content (AvgIpc) is 3.37. The standard InChI is InChI=1S/C18H23N5OS/c1-12(14-7-6-13-4-2-3-5-15(13)10-14)19-17(24)11-25-18-20-21-22-23(18)16-8-9-16/h6-7,10,12,16H,2-5,8-9,11H2,1H3,(H,19,24). The third kappa shape index (κ3) is 3.86. The van der Waals surface area contributed by atoms with Crippen LogP contribution in [-0.2, 0) is 17.6 Å². The molecule has 1 N–H and O–H groups in total. The summed E-state index contributed by atoms with van der Waals surface area (Å²) in [6, 6.07) is 7.08. The first-order valence-corrected chi connectivity index (χ1v) is 10.0. The molecule has 1 aromatic heterocycles. The first-order chi connectivity index (χ1) is 12.2. The monoisotopic (exact) mass is 357 g/mol. The summed E-state index contributed by atoms with van der Waals surface area (Å²) in [7, 11) is 0. The number of rotatable bonds is 6. The molecule has 1 aromatic carbocycles. The van der Waals surface area contributed by atoms with Crippen molar-refractivity contribution in [1.29, 1.82) is 0 Å². The van der Waals surface area contributed by atoms with Gasteiger partial charge in [-0.1, -0.05) is 30.0 Å². The number of fused-ring (bicyclic) bond motifs is 1. The van der Waals surface area contributed by atoms with Gasteiger partial charge in [-0.15, -0.1) is 5.10 Å². The Kier molecular flexibility index (Phi) is 4.74. The van der Waals surface area contributed by atoms with Crippen molar-refractivity contribution in [2.24, 2.45) is 0 Å². The van der Waals surface area contributed by atoms with Gasteiger partial charge in [0, 0.05) is 0 Å². The highest BCUT2D eigenvalue weighted by Crippen LogP contribution is 2.36. The maximum atomic E-state index is 12.3. The van der Waals surface area contributed by atoms with E-state index in [0.717, 1.165) is 24.4 Å². The molecule has 1 saturated carbocycles. The van der Waals surface area contributed by atoms with Crippen LogP contribution in [0.25, 0.3) is 0 Å². The number of carbonyl (C=O) groups excluding carboxylic acids is 1. The Morgan fingerprint density at radius 2 is 2.12 bits per heavy atom. The molecule has 2 aromatic rings. The maximum absolute atomic E-state index is 12.3. The Labute approximate surface area is 151 Å². The van der Waals surface area contributed by atoms with Crippen molar-refractivity contribution in [1.82, 2.24) is 25.5 Å². The van der Waals surface area contributed by atoms with Crippen molar-refractivity contribution < 1.29 is 4.79 Å². The lowest BCUT2D eigenvalue weighted by atomic mass is 9.89. The van der Waals surface area contributed by atoms with Crippen molar-refractivity contribution in [3.63, 3.8) is 0 Å². The van der Waals surface area contributed by atoms with Crippen LogP contribution >= 0.6 is 11.8 Å². The van der Waals surface area contributed by atoms with Gasteiger partial charge >= 0.3 is 0 Å². The summed E-state index contributed by atoms with van der Waals surface area (Å²) in [5, 5.41) is 15.6. The number of carbonyl (C=O) groups is 1. The highest BCUT2D eigenvalue weighted by atomic mass is 32.2. The van der Waals surface area contributed by atoms with Gasteiger partial charge in [0.15, 0.2) is 0 Å². The molecule has 0 radical (unpaired) electrons. The number of hydrogen-bond acceptors (Lipinski definition) is 5. The third-order valence-corrected chi connectivity index (χ3v) is 5.87. The van der Waals surface area contributed by atoms with Crippen LogP contribution in [0.2, 0.25) is 0 Å². The molecule has 1 amide bonds. The maximum Gasteiger partial charge on any atom is 0.230 e. The van der Waals surface area contributed by atoms with Crippen molar-refractivity contribution in [2.75, 3.05) is 5.75 Å². The van der Waals surface area contributed by atoms with Gasteiger partial charge in [0.25, 0.3) is 0 Å². The molecule has 0 aliphatic heterocycles. The number of tetrazole rings is 1. The van der Waals surface area contributed by atoms with Crippen LogP contribution in [0.4, 0.5) is 0 Å². The van der Waals surface area contributed by atoms with Crippen molar-refractivity contribution in [3.8, 4) is 0 Å². The normalized spacial score (nSPS) is 17.8. The van der Waals surface area contributed by atoms with Gasteiger partial charge in [0.1, 0.15) is 0 Å². The molecular weight excluding hydrogens is 334 g/mol. The predicted molar refractivity (Wildman–Crippen MR) is 96.5 cm³/mol. The number of benzene rings is 1. The molecule has 25 heavy (non-hydrogen) atoms. The van der Waals surface area contributed by atoms with E-state index >= 15 is 0 Å². The summed E-state index contributed by atoms with van der Waals surface area (Å²) >= 11 is 1.40. The zero-order chi connectivity index (χ0) is 17.2. The van der Waals surface area contributed by atoms with Crippen LogP contribution in [-0.4, -0.2) is 31.9 Å². The van der Waals surface area contributed by atoms with Crippen LogP contribution in [0.1, 0.15) is 61.4 Å². The topological polar surface area (TPSA) is 72.7 Å². The minimum Gasteiger partial charge on any atom is -0.349 e. The van der Waals surface area contributed by atoms with Gasteiger partial charge in [-0.2, -0.15) is 0 Å². The highest BCUT2D eigenvalue weighted by molar-refractivity contribution is 7.99. The number of nitrogens with zero attached hydrogens (tertiary/aromatic N) is 4. The van der Waals surface area contributed by atoms with Crippen molar-refractivity contribution >= 4 is 17.7 Å². The molecule has 0 saturated heterocycles. The van der Waals surface area contributed by atoms with Gasteiger partial charge < -0.3 is 5.32 Å². The van der Waals surface area contributed by atoms with E-state index in [1.807, 2.05) is 11.6 Å². The molecule has 4 rings (SSSR count). The first kappa shape index (κ1) is 16.6. The summed E-state index contributed by atoms with van der Waals surface area (Å²) in [5.74, 6) is 0.350. The number of nitrogens with one attached hydrogen (secondary N) is 1. The Hall–Kier alpha value is -1.89. The van der Waals surface area contributed by atoms with E-state index in [4.69, 9.17) is 0 Å². The quantitative estimate of drug-likeness (QED) is 0.805. The molecule has 2 aliphatic carbocycles. The molecule has 1 unspecified atom stereocenters. The Morgan fingerprint density at radius 3 is 2.92 bits per heavy atom. The van der Waals surface area contributed by atoms with Crippen LogP contribution in [0, 0.1) is 0 Å². The van der Waals surface area contributed by atoms with E-state index in [-0.39, 0.29) is 11.9 Å². The summed E-state index contributed by atoms with van der Waals surface area (Å²) in [4.78, 5) is 12.3. The Balaban J connectivity index is 1.33. The van der Waals surface area contributed by atoms with Gasteiger partial charge in [-0.3, -0.25) is 4.79 Å². The molecule has 2 aliphatic rings. The lowest BCUT2D eigenvalue weighted by molar-refractivity contribution is -0.119. The Bertz CT molecular complexity index is 771. The van der Waals surface area contributed by atoms with E-state index in [9.17, 15) is 4.79 Å². The number of amides is 1. The molecule has 7 heteroatoms. The summed E-state index contributed by atoms with van der Waals surface area (Å²) in [5.41, 5.74) is 4.10. The van der Waals surface area contributed by atoms with Gasteiger partial charge in [-0.05, 0) is 72.6 Å². The molecule has 132 valence electrons. The molecule has 1 atom stereocenters. The summed E-state index contributed by atoms with van der Waals surface area (Å²) in [6.45, 7) is 2.04. The zero-order valence-corrected chi connectivity index (χ0v) is 15.3. The second-order valence-electron chi connectivity index (χ2n) is 6.95. The van der Waals surface area contributed by atoms with Crippen LogP contribution in [0.15, 0.2) is 23.4 Å². The van der Waals surface area contributed by atoms with E-state index < -0.39 is 0 Å². The first-order valence-electron chi connectivity index (χ1n) is 9.02. The highest BCUT2D eigenvalue weighted by Gasteiger charge is 2.28. The predicted octanol–water partition coefficient (Wildman–Crippen LogP) is 2.86. The SMILES string of the molecule is CC(NC(=O)CSc1nnnn1C1CC1)c1ccc2c(c1)CCCC2. The van der Waals surface area contributed by atoms with Crippen molar-refractivity contribution in [3.05, 3.63) is 34.9 Å². The third-order valence-electron chi connectivity index (χ3n) is 4.94. The lowest BCUT2D eigenvalue weighted by Gasteiger charge is -2.20. The fraction of sp³-hybridized carbons (Fsp3) is 0.556. The summed E-state index contributed by atoms with van der Waals surface area (Å²) in [6.07, 6.45) is 7.15. The van der Waals surface area contributed by atoms with E-state index in [0.29, 0.717) is 11.8 Å². The van der Waals surface area contributed by atoms with Crippen molar-refractivity contribution in [2.45, 2.75) is 62.7 Å². The lowest BCUT2D eigenvalue weighted by Crippen LogP contribution is -2.28. The van der Waals surface area contributed by atoms with Crippen LogP contribution in [0.5, 0.6) is 0 Å². The molecular formula is C18H23N5OS. The fourth-order valence-electron chi connectivity index (χ4n) is 3.35. The summed E-state index contributed by atoms with van der Waals surface area (Å²) < 4.78 is 1.84. The number of aryl methyl sites for hydroxylation is 2. The zero-order valence-electron chi connectivity index (χ0n) is 14.4. The smallest absolute Gasteiger partial charge is 0.230 e. The number of hydrogen-bond donors (Lipinski definition) is 1. The molecule has 1 fully saturated rings.